The van der Waals surface area contributed by atoms with Gasteiger partial charge in [0.1, 0.15) is 31.3 Å². The van der Waals surface area contributed by atoms with Crippen molar-refractivity contribution >= 4 is 0 Å². The number of fused-ring (bicyclic) bond motifs is 1. The van der Waals surface area contributed by atoms with Gasteiger partial charge in [-0.05, 0) is 98.6 Å². The first-order valence-corrected chi connectivity index (χ1v) is 14.6. The molecule has 0 aromatic heterocycles. The molecule has 1 saturated heterocycles. The highest BCUT2D eigenvalue weighted by Crippen LogP contribution is 2.37. The number of hydrogen-bond donors (Lipinski definition) is 0. The SMILES string of the molecule is Cc1cc(CN2CCCCC2)c(OCCCCC#N)cc1OCc1cccc(-c2ccc3c(c2)OCCO3)c1C. The van der Waals surface area contributed by atoms with Crippen LogP contribution in [-0.2, 0) is 13.2 Å². The Morgan fingerprint density at radius 2 is 1.68 bits per heavy atom. The number of unbranched alkanes of at least 4 members (excludes halogenated alkanes) is 2. The fourth-order valence-corrected chi connectivity index (χ4v) is 5.51. The Labute approximate surface area is 238 Å². The summed E-state index contributed by atoms with van der Waals surface area (Å²) in [6, 6.07) is 19.0. The molecule has 0 bridgehead atoms. The first-order valence-electron chi connectivity index (χ1n) is 14.6. The molecule has 6 nitrogen and oxygen atoms in total. The summed E-state index contributed by atoms with van der Waals surface area (Å²) in [7, 11) is 0. The average molecular weight is 541 g/mol. The summed E-state index contributed by atoms with van der Waals surface area (Å²) in [5.41, 5.74) is 6.92. The number of rotatable bonds is 11. The third kappa shape index (κ3) is 6.89. The van der Waals surface area contributed by atoms with E-state index < -0.39 is 0 Å². The lowest BCUT2D eigenvalue weighted by Crippen LogP contribution is -2.29. The van der Waals surface area contributed by atoms with Crippen LogP contribution >= 0.6 is 0 Å². The summed E-state index contributed by atoms with van der Waals surface area (Å²) in [5, 5.41) is 8.85. The summed E-state index contributed by atoms with van der Waals surface area (Å²) in [6.45, 7) is 9.67. The van der Waals surface area contributed by atoms with Gasteiger partial charge in [-0.15, -0.1) is 0 Å². The maximum Gasteiger partial charge on any atom is 0.161 e. The molecule has 0 atom stereocenters. The first kappa shape index (κ1) is 27.9. The zero-order valence-corrected chi connectivity index (χ0v) is 23.8. The lowest BCUT2D eigenvalue weighted by atomic mass is 9.96. The Kier molecular flexibility index (Phi) is 9.46. The molecule has 2 heterocycles. The van der Waals surface area contributed by atoms with Gasteiger partial charge in [0.2, 0.25) is 0 Å². The van der Waals surface area contributed by atoms with Gasteiger partial charge in [-0.2, -0.15) is 5.26 Å². The molecule has 210 valence electrons. The summed E-state index contributed by atoms with van der Waals surface area (Å²) in [5.74, 6) is 3.34. The fourth-order valence-electron chi connectivity index (χ4n) is 5.51. The minimum Gasteiger partial charge on any atom is -0.493 e. The maximum absolute atomic E-state index is 8.85. The monoisotopic (exact) mass is 540 g/mol. The van der Waals surface area contributed by atoms with Gasteiger partial charge in [0.25, 0.3) is 0 Å². The van der Waals surface area contributed by atoms with Gasteiger partial charge in [0.15, 0.2) is 11.5 Å². The van der Waals surface area contributed by atoms with Crippen molar-refractivity contribution in [1.82, 2.24) is 4.90 Å². The normalized spacial score (nSPS) is 14.9. The molecule has 1 fully saturated rings. The van der Waals surface area contributed by atoms with Gasteiger partial charge < -0.3 is 18.9 Å². The van der Waals surface area contributed by atoms with Crippen LogP contribution in [-0.4, -0.2) is 37.8 Å². The molecule has 0 saturated carbocycles. The van der Waals surface area contributed by atoms with Gasteiger partial charge in [0.05, 0.1) is 12.7 Å². The average Bonchev–Trinajstić information content (AvgIpc) is 2.98. The zero-order chi connectivity index (χ0) is 27.7. The van der Waals surface area contributed by atoms with Gasteiger partial charge in [0, 0.05) is 24.6 Å². The Bertz CT molecular complexity index is 1340. The molecule has 0 radical (unpaired) electrons. The maximum atomic E-state index is 8.85. The number of piperidine rings is 1. The second-order valence-electron chi connectivity index (χ2n) is 10.8. The Morgan fingerprint density at radius 1 is 0.850 bits per heavy atom. The smallest absolute Gasteiger partial charge is 0.161 e. The number of likely N-dealkylation sites (tertiary alicyclic amines) is 1. The molecule has 3 aromatic carbocycles. The fraction of sp³-hybridized carbons (Fsp3) is 0.441. The number of benzene rings is 3. The van der Waals surface area contributed by atoms with Gasteiger partial charge in [-0.3, -0.25) is 4.90 Å². The predicted molar refractivity (Wildman–Crippen MR) is 157 cm³/mol. The summed E-state index contributed by atoms with van der Waals surface area (Å²) in [6.07, 6.45) is 6.12. The molecule has 2 aliphatic rings. The minimum absolute atomic E-state index is 0.470. The number of aryl methyl sites for hydroxylation is 1. The second kappa shape index (κ2) is 13.6. The molecule has 0 aliphatic carbocycles. The van der Waals surface area contributed by atoms with Crippen molar-refractivity contribution in [3.63, 3.8) is 0 Å². The van der Waals surface area contributed by atoms with Crippen molar-refractivity contribution in [2.24, 2.45) is 0 Å². The minimum atomic E-state index is 0.470. The Hall–Kier alpha value is -3.69. The van der Waals surface area contributed by atoms with Crippen LogP contribution in [0.25, 0.3) is 11.1 Å². The zero-order valence-electron chi connectivity index (χ0n) is 23.8. The van der Waals surface area contributed by atoms with Crippen molar-refractivity contribution in [3.8, 4) is 40.2 Å². The van der Waals surface area contributed by atoms with E-state index in [2.05, 4.69) is 67.3 Å². The molecular formula is C34H40N2O4. The van der Waals surface area contributed by atoms with Crippen LogP contribution in [0.3, 0.4) is 0 Å². The van der Waals surface area contributed by atoms with Crippen molar-refractivity contribution in [2.45, 2.75) is 65.5 Å². The third-order valence-electron chi connectivity index (χ3n) is 7.82. The molecule has 0 N–H and O–H groups in total. The predicted octanol–water partition coefficient (Wildman–Crippen LogP) is 7.38. The quantitative estimate of drug-likeness (QED) is 0.237. The lowest BCUT2D eigenvalue weighted by molar-refractivity contribution is 0.171. The van der Waals surface area contributed by atoms with Crippen LogP contribution in [0.2, 0.25) is 0 Å². The summed E-state index contributed by atoms with van der Waals surface area (Å²) in [4.78, 5) is 2.52. The number of hydrogen-bond acceptors (Lipinski definition) is 6. The lowest BCUT2D eigenvalue weighted by Gasteiger charge is -2.27. The molecule has 0 amide bonds. The van der Waals surface area contributed by atoms with E-state index in [4.69, 9.17) is 24.2 Å². The summed E-state index contributed by atoms with van der Waals surface area (Å²) >= 11 is 0. The highest BCUT2D eigenvalue weighted by atomic mass is 16.6. The van der Waals surface area contributed by atoms with Gasteiger partial charge in [-0.25, -0.2) is 0 Å². The Morgan fingerprint density at radius 3 is 2.50 bits per heavy atom. The highest BCUT2D eigenvalue weighted by Gasteiger charge is 2.17. The largest absolute Gasteiger partial charge is 0.493 e. The molecule has 40 heavy (non-hydrogen) atoms. The molecular weight excluding hydrogens is 500 g/mol. The van der Waals surface area contributed by atoms with E-state index in [1.54, 1.807) is 0 Å². The van der Waals surface area contributed by atoms with E-state index in [1.807, 2.05) is 6.07 Å². The van der Waals surface area contributed by atoms with E-state index >= 15 is 0 Å². The molecule has 2 aliphatic heterocycles. The van der Waals surface area contributed by atoms with Crippen molar-refractivity contribution in [2.75, 3.05) is 32.9 Å². The van der Waals surface area contributed by atoms with Crippen molar-refractivity contribution < 1.29 is 18.9 Å². The first-order chi connectivity index (χ1) is 19.6. The van der Waals surface area contributed by atoms with Crippen LogP contribution in [0, 0.1) is 25.2 Å². The molecule has 6 heteroatoms. The topological polar surface area (TPSA) is 64.0 Å². The van der Waals surface area contributed by atoms with Gasteiger partial charge in [-0.1, -0.05) is 30.7 Å². The van der Waals surface area contributed by atoms with Crippen LogP contribution in [0.5, 0.6) is 23.0 Å². The third-order valence-corrected chi connectivity index (χ3v) is 7.82. The van der Waals surface area contributed by atoms with E-state index in [-0.39, 0.29) is 0 Å². The van der Waals surface area contributed by atoms with E-state index in [0.717, 1.165) is 77.7 Å². The molecule has 5 rings (SSSR count). The molecule has 3 aromatic rings. The highest BCUT2D eigenvalue weighted by molar-refractivity contribution is 5.71. The second-order valence-corrected chi connectivity index (χ2v) is 10.8. The number of nitrogens with zero attached hydrogens (tertiary/aromatic N) is 2. The van der Waals surface area contributed by atoms with E-state index in [0.29, 0.717) is 32.8 Å². The van der Waals surface area contributed by atoms with E-state index in [9.17, 15) is 0 Å². The molecule has 0 spiro atoms. The van der Waals surface area contributed by atoms with E-state index in [1.165, 1.54) is 30.4 Å². The molecule has 0 unspecified atom stereocenters. The van der Waals surface area contributed by atoms with Crippen LogP contribution in [0.4, 0.5) is 0 Å². The van der Waals surface area contributed by atoms with Crippen LogP contribution < -0.4 is 18.9 Å². The number of ether oxygens (including phenoxy) is 4. The van der Waals surface area contributed by atoms with Crippen molar-refractivity contribution in [3.05, 3.63) is 70.8 Å². The summed E-state index contributed by atoms with van der Waals surface area (Å²) < 4.78 is 24.2. The van der Waals surface area contributed by atoms with Crippen LogP contribution in [0.15, 0.2) is 48.5 Å². The van der Waals surface area contributed by atoms with Crippen LogP contribution in [0.1, 0.15) is 60.8 Å². The standard InChI is InChI=1S/C34H40N2O4/c1-25-20-29(23-36-15-6-4-7-16-36)33(37-17-8-3-5-14-35)22-32(25)40-24-28-10-9-11-30(26(28)2)27-12-13-31-34(21-27)39-19-18-38-31/h9-13,20-22H,3-8,15-19,23-24H2,1-2H3. The van der Waals surface area contributed by atoms with Gasteiger partial charge >= 0.3 is 0 Å². The Balaban J connectivity index is 1.32. The van der Waals surface area contributed by atoms with Crippen molar-refractivity contribution in [1.29, 1.82) is 5.26 Å². The number of nitriles is 1.